The second-order valence-corrected chi connectivity index (χ2v) is 11.6. The van der Waals surface area contributed by atoms with Crippen LogP contribution in [-0.2, 0) is 6.54 Å². The molecule has 0 spiro atoms. The van der Waals surface area contributed by atoms with Gasteiger partial charge in [-0.15, -0.1) is 0 Å². The molecule has 0 radical (unpaired) electrons. The van der Waals surface area contributed by atoms with Gasteiger partial charge in [0, 0.05) is 12.1 Å². The van der Waals surface area contributed by atoms with Crippen molar-refractivity contribution >= 4 is 13.3 Å². The molecule has 0 atom stereocenters. The van der Waals surface area contributed by atoms with Crippen molar-refractivity contribution in [3.8, 4) is 5.75 Å². The van der Waals surface area contributed by atoms with Crippen molar-refractivity contribution in [1.29, 1.82) is 0 Å². The highest BCUT2D eigenvalue weighted by atomic mass is 28.3. The maximum atomic E-state index is 5.45. The summed E-state index contributed by atoms with van der Waals surface area (Å²) in [6, 6.07) is 24.0. The van der Waals surface area contributed by atoms with Gasteiger partial charge in [0.05, 0.1) is 15.2 Å². The van der Waals surface area contributed by atoms with Gasteiger partial charge in [-0.2, -0.15) is 0 Å². The highest BCUT2D eigenvalue weighted by Gasteiger charge is 2.35. The Hall–Kier alpha value is -1.58. The van der Waals surface area contributed by atoms with Gasteiger partial charge in [-0.1, -0.05) is 85.1 Å². The summed E-state index contributed by atoms with van der Waals surface area (Å²) in [6.07, 6.45) is 4.28. The van der Waals surface area contributed by atoms with Gasteiger partial charge < -0.3 is 10.1 Å². The quantitative estimate of drug-likeness (QED) is 0.599. The zero-order valence-corrected chi connectivity index (χ0v) is 15.8. The first-order chi connectivity index (χ1) is 11.8. The fourth-order valence-corrected chi connectivity index (χ4v) is 9.13. The normalized spacial score (nSPS) is 16.7. The van der Waals surface area contributed by atoms with Crippen LogP contribution in [0.1, 0.15) is 24.8 Å². The Morgan fingerprint density at radius 3 is 2.38 bits per heavy atom. The fraction of sp³-hybridized carbons (Fsp3) is 0.429. The number of rotatable bonds is 7. The molecule has 3 rings (SSSR count). The van der Waals surface area contributed by atoms with Crippen molar-refractivity contribution in [3.05, 3.63) is 60.2 Å². The highest BCUT2D eigenvalue weighted by molar-refractivity contribution is 6.92. The largest absolute Gasteiger partial charge is 0.496 e. The van der Waals surface area contributed by atoms with Crippen molar-refractivity contribution in [1.82, 2.24) is 5.32 Å². The van der Waals surface area contributed by atoms with Crippen LogP contribution in [0.5, 0.6) is 5.75 Å². The molecule has 1 heterocycles. The number of nitrogens with one attached hydrogen (secondary N) is 1. The lowest BCUT2D eigenvalue weighted by atomic mass is 10.2. The van der Waals surface area contributed by atoms with E-state index >= 15 is 0 Å². The van der Waals surface area contributed by atoms with E-state index in [1.807, 2.05) is 12.1 Å². The minimum Gasteiger partial charge on any atom is -0.496 e. The molecule has 0 saturated carbocycles. The lowest BCUT2D eigenvalue weighted by molar-refractivity contribution is 0.408. The molecule has 128 valence electrons. The Morgan fingerprint density at radius 1 is 0.917 bits per heavy atom. The Morgan fingerprint density at radius 2 is 1.62 bits per heavy atom. The van der Waals surface area contributed by atoms with Crippen LogP contribution < -0.4 is 15.2 Å². The average Bonchev–Trinajstić information content (AvgIpc) is 2.67. The monoisotopic (exact) mass is 339 g/mol. The summed E-state index contributed by atoms with van der Waals surface area (Å²) in [5, 5.41) is 5.34. The van der Waals surface area contributed by atoms with E-state index in [0.29, 0.717) is 0 Å². The van der Waals surface area contributed by atoms with Crippen LogP contribution >= 0.6 is 0 Å². The molecule has 2 aromatic carbocycles. The Balaban J connectivity index is 1.60. The number of para-hydroxylation sites is 1. The summed E-state index contributed by atoms with van der Waals surface area (Å²) in [5.74, 6) is 0.984. The molecule has 1 aliphatic rings. The van der Waals surface area contributed by atoms with E-state index in [9.17, 15) is 0 Å². The Bertz CT molecular complexity index is 623. The maximum Gasteiger partial charge on any atom is 0.123 e. The lowest BCUT2D eigenvalue weighted by Crippen LogP contribution is -2.50. The van der Waals surface area contributed by atoms with Crippen molar-refractivity contribution in [2.75, 3.05) is 13.7 Å². The zero-order chi connectivity index (χ0) is 16.7. The molecule has 0 bridgehead atoms. The number of methoxy groups -OCH3 is 1. The van der Waals surface area contributed by atoms with Crippen LogP contribution in [0.2, 0.25) is 18.1 Å². The Kier molecular flexibility index (Phi) is 6.11. The summed E-state index contributed by atoms with van der Waals surface area (Å²) in [6.45, 7) is 2.00. The first-order valence-corrected chi connectivity index (χ1v) is 11.8. The van der Waals surface area contributed by atoms with E-state index in [0.717, 1.165) is 18.8 Å². The van der Waals surface area contributed by atoms with E-state index in [4.69, 9.17) is 4.74 Å². The molecule has 0 amide bonds. The summed E-state index contributed by atoms with van der Waals surface area (Å²) < 4.78 is 5.45. The van der Waals surface area contributed by atoms with Gasteiger partial charge >= 0.3 is 0 Å². The predicted molar refractivity (Wildman–Crippen MR) is 105 cm³/mol. The number of benzene rings is 2. The standard InChI is InChI=1S/C21H29NOSi/c1-23-21-13-7-6-10-19(21)18-22-14-17-24(15-8-3-9-16-24)20-11-4-2-5-12-20/h2,4-7,10-13,22H,3,8-9,14-18H2,1H3. The van der Waals surface area contributed by atoms with Crippen molar-refractivity contribution < 1.29 is 4.74 Å². The minimum atomic E-state index is -1.31. The molecule has 1 saturated heterocycles. The molecule has 1 N–H and O–H groups in total. The molecular weight excluding hydrogens is 310 g/mol. The van der Waals surface area contributed by atoms with Crippen LogP contribution in [0.4, 0.5) is 0 Å². The molecule has 0 aliphatic carbocycles. The van der Waals surface area contributed by atoms with Crippen molar-refractivity contribution in [2.45, 2.75) is 43.9 Å². The van der Waals surface area contributed by atoms with Crippen LogP contribution in [0.3, 0.4) is 0 Å². The first-order valence-electron chi connectivity index (χ1n) is 9.22. The molecular formula is C21H29NOSi. The second kappa shape index (κ2) is 8.50. The van der Waals surface area contributed by atoms with Gasteiger partial charge in [0.25, 0.3) is 0 Å². The third kappa shape index (κ3) is 4.08. The second-order valence-electron chi connectivity index (χ2n) is 6.95. The molecule has 1 aliphatic heterocycles. The van der Waals surface area contributed by atoms with Gasteiger partial charge in [-0.3, -0.25) is 0 Å². The summed E-state index contributed by atoms with van der Waals surface area (Å²) in [4.78, 5) is 0. The van der Waals surface area contributed by atoms with Gasteiger partial charge in [-0.05, 0) is 18.7 Å². The molecule has 24 heavy (non-hydrogen) atoms. The minimum absolute atomic E-state index is 0.892. The zero-order valence-electron chi connectivity index (χ0n) is 14.8. The van der Waals surface area contributed by atoms with Crippen molar-refractivity contribution in [2.24, 2.45) is 0 Å². The third-order valence-corrected chi connectivity index (χ3v) is 10.9. The van der Waals surface area contributed by atoms with Gasteiger partial charge in [0.1, 0.15) is 5.75 Å². The van der Waals surface area contributed by atoms with E-state index in [1.165, 1.54) is 43.0 Å². The van der Waals surface area contributed by atoms with E-state index < -0.39 is 8.07 Å². The smallest absolute Gasteiger partial charge is 0.123 e. The van der Waals surface area contributed by atoms with Gasteiger partial charge in [0.2, 0.25) is 0 Å². The molecule has 2 aromatic rings. The average molecular weight is 340 g/mol. The van der Waals surface area contributed by atoms with Crippen LogP contribution in [0.15, 0.2) is 54.6 Å². The summed E-state index contributed by atoms with van der Waals surface area (Å²) >= 11 is 0. The maximum absolute atomic E-state index is 5.45. The highest BCUT2D eigenvalue weighted by Crippen LogP contribution is 2.31. The molecule has 1 fully saturated rings. The molecule has 3 heteroatoms. The van der Waals surface area contributed by atoms with Crippen molar-refractivity contribution in [3.63, 3.8) is 0 Å². The SMILES string of the molecule is COc1ccccc1CNCC[Si]1(c2ccccc2)CCCCC1. The molecule has 0 aromatic heterocycles. The molecule has 2 nitrogen and oxygen atoms in total. The summed E-state index contributed by atoms with van der Waals surface area (Å²) in [7, 11) is 0.436. The predicted octanol–water partition coefficient (Wildman–Crippen LogP) is 4.32. The van der Waals surface area contributed by atoms with Crippen LogP contribution in [0, 0.1) is 0 Å². The lowest BCUT2D eigenvalue weighted by Gasteiger charge is -2.36. The van der Waals surface area contributed by atoms with E-state index in [-0.39, 0.29) is 0 Å². The Labute approximate surface area is 147 Å². The van der Waals surface area contributed by atoms with E-state index in [2.05, 4.69) is 47.8 Å². The number of hydrogen-bond donors (Lipinski definition) is 1. The van der Waals surface area contributed by atoms with Crippen LogP contribution in [0.25, 0.3) is 0 Å². The third-order valence-electron chi connectivity index (χ3n) is 5.49. The van der Waals surface area contributed by atoms with E-state index in [1.54, 1.807) is 12.3 Å². The number of ether oxygens (including phenoxy) is 1. The fourth-order valence-electron chi connectivity index (χ4n) is 4.10. The topological polar surface area (TPSA) is 21.3 Å². The number of hydrogen-bond acceptors (Lipinski definition) is 2. The van der Waals surface area contributed by atoms with Gasteiger partial charge in [-0.25, -0.2) is 0 Å². The first kappa shape index (κ1) is 17.2. The van der Waals surface area contributed by atoms with Crippen LogP contribution in [-0.4, -0.2) is 21.7 Å². The van der Waals surface area contributed by atoms with Gasteiger partial charge in [0.15, 0.2) is 0 Å². The molecule has 0 unspecified atom stereocenters. The summed E-state index contributed by atoms with van der Waals surface area (Å²) in [5.41, 5.74) is 1.25.